The molecule has 170 valence electrons. The van der Waals surface area contributed by atoms with Gasteiger partial charge in [0, 0.05) is 0 Å². The van der Waals surface area contributed by atoms with Crippen LogP contribution in [0.15, 0.2) is 0 Å². The molecule has 0 unspecified atom stereocenters. The molecule has 30 heavy (non-hydrogen) atoms. The third-order valence-corrected chi connectivity index (χ3v) is 0. The first-order valence-electron chi connectivity index (χ1n) is 3.85. The van der Waals surface area contributed by atoms with Crippen LogP contribution in [0.3, 0.4) is 0 Å². The molecule has 1 N–H and O–H groups in total. The van der Waals surface area contributed by atoms with Gasteiger partial charge in [0.15, 0.2) is 0 Å². The third kappa shape index (κ3) is 665. The molecule has 0 radical (unpaired) electrons. The monoisotopic (exact) mass is 597 g/mol. The molecular formula is HMoN7O21Zn. The predicted octanol–water partition coefficient (Wildman–Crippen LogP) is -1.79. The summed E-state index contributed by atoms with van der Waals surface area (Å²) in [6.45, 7) is 0. The summed E-state index contributed by atoms with van der Waals surface area (Å²) in [4.78, 5) is 57.9. The van der Waals surface area contributed by atoms with Crippen LogP contribution in [-0.4, -0.2) is 40.8 Å². The Kier molecular flexibility index (Phi) is 93.2. The van der Waals surface area contributed by atoms with Crippen molar-refractivity contribution in [2.24, 2.45) is 0 Å². The van der Waals surface area contributed by atoms with Crippen LogP contribution in [0.2, 0.25) is 0 Å². The van der Waals surface area contributed by atoms with Crippen LogP contribution in [0, 0.1) is 102 Å². The van der Waals surface area contributed by atoms with Crippen molar-refractivity contribution in [1.82, 2.24) is 0 Å². The zero-order chi connectivity index (χ0) is 25.0. The zero-order valence-corrected chi connectivity index (χ0v) is 17.8. The maximum absolute atomic E-state index is 8.36. The minimum absolute atomic E-state index is 0. The van der Waals surface area contributed by atoms with Crippen LogP contribution >= 0.6 is 0 Å². The average Bonchev–Trinajstić information content (AvgIpc) is 2.20. The third-order valence-electron chi connectivity index (χ3n) is 0. The summed E-state index contributed by atoms with van der Waals surface area (Å²) in [6, 6.07) is 0. The van der Waals surface area contributed by atoms with Gasteiger partial charge >= 0.3 is 40.5 Å². The Balaban J connectivity index is -0.0000000242. The first kappa shape index (κ1) is 56.2. The molecule has 0 aliphatic carbocycles. The zero-order valence-electron chi connectivity index (χ0n) is 12.9. The minimum atomic E-state index is -1.75. The minimum Gasteiger partial charge on any atom is -0.356 e. The Morgan fingerprint density at radius 3 is 0.367 bits per heavy atom. The van der Waals surface area contributed by atoms with Crippen LogP contribution in [0.25, 0.3) is 0 Å². The molecule has 0 aliphatic rings. The quantitative estimate of drug-likeness (QED) is 0.183. The van der Waals surface area contributed by atoms with E-state index >= 15 is 0 Å². The number of hydrogen-bond acceptors (Lipinski definition) is 20. The van der Waals surface area contributed by atoms with Gasteiger partial charge in [-0.1, -0.05) is 0 Å². The molecule has 28 nitrogen and oxygen atoms in total. The maximum atomic E-state index is 8.36. The van der Waals surface area contributed by atoms with E-state index in [4.69, 9.17) is 107 Å². The van der Waals surface area contributed by atoms with E-state index in [1.165, 1.54) is 0 Å². The van der Waals surface area contributed by atoms with Gasteiger partial charge in [0.25, 0.3) is 5.09 Å². The summed E-state index contributed by atoms with van der Waals surface area (Å²) >= 11 is 0. The van der Waals surface area contributed by atoms with E-state index in [2.05, 4.69) is 0 Å². The largest absolute Gasteiger partial charge is 4.00 e. The molecule has 0 heterocycles. The van der Waals surface area contributed by atoms with E-state index in [9.17, 15) is 0 Å². The van der Waals surface area contributed by atoms with E-state index in [1.54, 1.807) is 0 Å². The molecule has 30 heteroatoms. The molecule has 0 saturated heterocycles. The second-order valence-electron chi connectivity index (χ2n) is 1.58. The summed E-state index contributed by atoms with van der Waals surface area (Å²) in [7, 11) is 0. The summed E-state index contributed by atoms with van der Waals surface area (Å²) in [6.07, 6.45) is 0. The summed E-state index contributed by atoms with van der Waals surface area (Å²) < 4.78 is 0. The van der Waals surface area contributed by atoms with Crippen LogP contribution < -0.4 is 0 Å². The molecule has 0 rings (SSSR count). The van der Waals surface area contributed by atoms with Gasteiger partial charge < -0.3 is 97.1 Å². The van der Waals surface area contributed by atoms with Crippen LogP contribution in [0.4, 0.5) is 0 Å². The van der Waals surface area contributed by atoms with E-state index in [0.717, 1.165) is 0 Å². The fraction of sp³-hybridized carbons (Fsp3) is 0. The molecule has 0 fully saturated rings. The molecule has 0 atom stereocenters. The smallest absolute Gasteiger partial charge is 0.356 e. The molecule has 0 spiro atoms. The van der Waals surface area contributed by atoms with E-state index in [-0.39, 0.29) is 40.5 Å². The van der Waals surface area contributed by atoms with Gasteiger partial charge in [0.05, 0.1) is 30.5 Å². The standard InChI is InChI=1S/Mo.HNO3.6NO3.Zn/c;7*2-1(3)4;/h;(H,2,3,4);;;;;;;/q+4;;6*-1;+2. The maximum Gasteiger partial charge on any atom is 4.00 e. The Hall–Kier alpha value is -4.29. The van der Waals surface area contributed by atoms with Crippen LogP contribution in [0.1, 0.15) is 0 Å². The molecule has 0 amide bonds. The predicted molar refractivity (Wildman–Crippen MR) is 70.9 cm³/mol. The number of nitrogens with zero attached hydrogens (tertiary/aromatic N) is 7. The van der Waals surface area contributed by atoms with Crippen molar-refractivity contribution in [3.63, 3.8) is 0 Å². The van der Waals surface area contributed by atoms with Gasteiger partial charge in [-0.2, -0.15) is 0 Å². The van der Waals surface area contributed by atoms with Crippen LogP contribution in [-0.2, 0) is 40.5 Å². The molecule has 0 aliphatic heterocycles. The van der Waals surface area contributed by atoms with Gasteiger partial charge in [-0.25, -0.2) is 0 Å². The fourth-order valence-electron chi connectivity index (χ4n) is 0. The van der Waals surface area contributed by atoms with Gasteiger partial charge in [-0.15, -0.1) is 10.1 Å². The van der Waals surface area contributed by atoms with E-state index in [1.807, 2.05) is 0 Å². The van der Waals surface area contributed by atoms with Gasteiger partial charge in [0.1, 0.15) is 0 Å². The van der Waals surface area contributed by atoms with Crippen molar-refractivity contribution in [2.45, 2.75) is 0 Å². The van der Waals surface area contributed by atoms with Crippen molar-refractivity contribution in [3.8, 4) is 0 Å². The Morgan fingerprint density at radius 2 is 0.367 bits per heavy atom. The Bertz CT molecular complexity index is 314. The first-order valence-corrected chi connectivity index (χ1v) is 3.85. The molecule has 0 bridgehead atoms. The van der Waals surface area contributed by atoms with Crippen LogP contribution in [0.5, 0.6) is 0 Å². The summed E-state index contributed by atoms with van der Waals surface area (Å²) in [5.41, 5.74) is 0. The SMILES string of the molecule is O=[N+]([O-])O.O=[N+]([O-])[O-].O=[N+]([O-])[O-].O=[N+]([O-])[O-].O=[N+]([O-])[O-].O=[N+]([O-])[O-].O=[N+]([O-])[O-].[Mo+4].[Zn+2]. The molecule has 0 aromatic carbocycles. The van der Waals surface area contributed by atoms with E-state index < -0.39 is 35.6 Å². The van der Waals surface area contributed by atoms with Crippen molar-refractivity contribution in [2.75, 3.05) is 0 Å². The summed E-state index contributed by atoms with van der Waals surface area (Å²) in [5, 5.41) is 102. The summed E-state index contributed by atoms with van der Waals surface area (Å²) in [5.74, 6) is 0. The molecule has 0 aromatic heterocycles. The van der Waals surface area contributed by atoms with E-state index in [0.29, 0.717) is 0 Å². The molecular weight excluding hydrogens is 595 g/mol. The normalized spacial score (nSPS) is 5.60. The number of hydrogen-bond donors (Lipinski definition) is 1. The Labute approximate surface area is 183 Å². The first-order chi connectivity index (χ1) is 12.1. The van der Waals surface area contributed by atoms with Gasteiger partial charge in [-0.05, 0) is 0 Å². The second kappa shape index (κ2) is 49.7. The van der Waals surface area contributed by atoms with Crippen molar-refractivity contribution >= 4 is 0 Å². The van der Waals surface area contributed by atoms with Gasteiger partial charge in [0.2, 0.25) is 0 Å². The van der Waals surface area contributed by atoms with Crippen molar-refractivity contribution in [1.29, 1.82) is 0 Å². The number of rotatable bonds is 0. The van der Waals surface area contributed by atoms with Gasteiger partial charge in [-0.3, -0.25) is 0 Å². The average molecular weight is 596 g/mol. The Morgan fingerprint density at radius 1 is 0.367 bits per heavy atom. The van der Waals surface area contributed by atoms with Crippen molar-refractivity contribution in [3.05, 3.63) is 102 Å². The topological polar surface area (TPSA) is 461 Å². The fourth-order valence-corrected chi connectivity index (χ4v) is 0. The molecule has 0 aromatic rings. The van der Waals surface area contributed by atoms with Crippen molar-refractivity contribution < 1.29 is 81.4 Å². The molecule has 0 saturated carbocycles. The second-order valence-corrected chi connectivity index (χ2v) is 1.58.